The van der Waals surface area contributed by atoms with E-state index in [1.165, 1.54) is 18.5 Å². The van der Waals surface area contributed by atoms with Gasteiger partial charge in [0.2, 0.25) is 0 Å². The summed E-state index contributed by atoms with van der Waals surface area (Å²) in [4.78, 5) is 30.1. The van der Waals surface area contributed by atoms with Crippen LogP contribution in [0.3, 0.4) is 0 Å². The van der Waals surface area contributed by atoms with Crippen LogP contribution in [0.2, 0.25) is 0 Å². The van der Waals surface area contributed by atoms with Crippen LogP contribution in [0, 0.1) is 34.1 Å². The number of non-ortho nitro benzene ring substituents is 2. The summed E-state index contributed by atoms with van der Waals surface area (Å²) in [5.74, 6) is -3.26. The summed E-state index contributed by atoms with van der Waals surface area (Å²) in [5.41, 5.74) is -2.68. The molecule has 0 aliphatic carbocycles. The average Bonchev–Trinajstić information content (AvgIpc) is 3.61. The number of nitrogens with one attached hydrogen (secondary N) is 1. The van der Waals surface area contributed by atoms with Crippen molar-refractivity contribution in [3.8, 4) is 28.8 Å². The van der Waals surface area contributed by atoms with E-state index >= 15 is 0 Å². The average molecular weight is 888 g/mol. The van der Waals surface area contributed by atoms with Gasteiger partial charge in [0.05, 0.1) is 53.8 Å². The van der Waals surface area contributed by atoms with E-state index in [9.17, 15) is 57.2 Å². The van der Waals surface area contributed by atoms with Gasteiger partial charge in [-0.05, 0) is 38.1 Å². The van der Waals surface area contributed by atoms with Crippen molar-refractivity contribution in [2.75, 3.05) is 0 Å². The number of nitro benzene ring substituents is 2. The van der Waals surface area contributed by atoms with E-state index in [1.54, 1.807) is 60.7 Å². The van der Waals surface area contributed by atoms with Gasteiger partial charge in [0.25, 0.3) is 37.2 Å². The molecule has 4 aromatic carbocycles. The Morgan fingerprint density at radius 1 is 0.678 bits per heavy atom. The molecule has 0 bridgehead atoms. The van der Waals surface area contributed by atoms with Crippen molar-refractivity contribution in [2.45, 2.75) is 23.6 Å². The monoisotopic (exact) mass is 887 g/mol. The number of nitro groups is 2. The van der Waals surface area contributed by atoms with E-state index in [0.717, 1.165) is 4.68 Å². The molecule has 303 valence electrons. The van der Waals surface area contributed by atoms with Crippen LogP contribution in [0.15, 0.2) is 120 Å². The number of azo groups is 2. The van der Waals surface area contributed by atoms with Crippen molar-refractivity contribution < 1.29 is 68.5 Å². The van der Waals surface area contributed by atoms with Crippen molar-refractivity contribution in [1.82, 2.24) is 19.6 Å². The second kappa shape index (κ2) is 17.6. The standard InChI is InChI=1S/2C16H13N5O7S.Cr/c2*1-9-14(16(23)20(19-9)10-5-3-2-4-6-10)18-17-12-7-11(21(24)25)8-13(15(12)22)29(26,27)28;/h2-8,22-23H,1H3,(H,26,27,28);2-8,19,22H,1H3,(H,26,27,28);/q;;+3/p-3. The third kappa shape index (κ3) is 9.88. The number of aryl methyl sites for hydroxylation is 2. The molecule has 3 N–H and O–H groups in total. The van der Waals surface area contributed by atoms with Crippen molar-refractivity contribution in [3.63, 3.8) is 0 Å². The third-order valence-electron chi connectivity index (χ3n) is 7.58. The molecule has 2 aromatic heterocycles. The second-order valence-corrected chi connectivity index (χ2v) is 14.3. The van der Waals surface area contributed by atoms with Gasteiger partial charge in [0.1, 0.15) is 5.69 Å². The van der Waals surface area contributed by atoms with Crippen LogP contribution >= 0.6 is 0 Å². The maximum Gasteiger partial charge on any atom is 3.00 e. The van der Waals surface area contributed by atoms with Gasteiger partial charge in [0, 0.05) is 30.1 Å². The fraction of sp³-hybridized carbons (Fsp3) is 0.0625. The molecular formula is C32H23CrN10O14S2. The van der Waals surface area contributed by atoms with Crippen LogP contribution < -0.4 is 20.9 Å². The van der Waals surface area contributed by atoms with E-state index < -0.39 is 85.6 Å². The molecule has 59 heavy (non-hydrogen) atoms. The van der Waals surface area contributed by atoms with Gasteiger partial charge >= 0.3 is 17.4 Å². The Balaban J connectivity index is 0.000000256. The molecule has 2 heterocycles. The number of aromatic amines is 1. The zero-order chi connectivity index (χ0) is 42.7. The van der Waals surface area contributed by atoms with Gasteiger partial charge in [-0.15, -0.1) is 10.2 Å². The first-order valence-corrected chi connectivity index (χ1v) is 18.5. The van der Waals surface area contributed by atoms with Gasteiger partial charge in [-0.1, -0.05) is 47.9 Å². The Hall–Kier alpha value is -7.15. The van der Waals surface area contributed by atoms with E-state index in [4.69, 9.17) is 9.11 Å². The molecule has 1 radical (unpaired) electrons. The molecule has 0 spiro atoms. The van der Waals surface area contributed by atoms with Crippen LogP contribution in [0.25, 0.3) is 11.4 Å². The number of nitrogens with zero attached hydrogens (tertiary/aromatic N) is 9. The largest absolute Gasteiger partial charge is 3.00 e. The van der Waals surface area contributed by atoms with E-state index in [-0.39, 0.29) is 40.1 Å². The van der Waals surface area contributed by atoms with Crippen LogP contribution in [0.5, 0.6) is 17.4 Å². The minimum atomic E-state index is -5.04. The summed E-state index contributed by atoms with van der Waals surface area (Å²) in [7, 11) is -10.1. The molecule has 0 fully saturated rings. The Morgan fingerprint density at radius 3 is 1.53 bits per heavy atom. The molecule has 27 heteroatoms. The molecule has 0 saturated carbocycles. The zero-order valence-electron chi connectivity index (χ0n) is 29.6. The third-order valence-corrected chi connectivity index (χ3v) is 9.29. The minimum absolute atomic E-state index is 0. The van der Waals surface area contributed by atoms with Crippen molar-refractivity contribution in [1.29, 1.82) is 0 Å². The minimum Gasteiger partial charge on any atom is -0.870 e. The van der Waals surface area contributed by atoms with Crippen LogP contribution in [-0.2, 0) is 37.6 Å². The number of hydrogen-bond acceptors (Lipinski definition) is 17. The van der Waals surface area contributed by atoms with Crippen molar-refractivity contribution in [2.24, 2.45) is 20.5 Å². The van der Waals surface area contributed by atoms with Gasteiger partial charge in [-0.2, -0.15) is 32.2 Å². The summed E-state index contributed by atoms with van der Waals surface area (Å²) >= 11 is 0. The normalized spacial score (nSPS) is 11.6. The number of rotatable bonds is 10. The molecule has 0 aliphatic rings. The maximum absolute atomic E-state index is 12.6. The summed E-state index contributed by atoms with van der Waals surface area (Å²) in [6.07, 6.45) is 0. The number of aromatic nitrogens is 4. The van der Waals surface area contributed by atoms with Gasteiger partial charge in [-0.25, -0.2) is 9.36 Å². The predicted molar refractivity (Wildman–Crippen MR) is 192 cm³/mol. The maximum atomic E-state index is 12.6. The Bertz CT molecular complexity index is 2940. The fourth-order valence-corrected chi connectivity index (χ4v) is 6.09. The van der Waals surface area contributed by atoms with E-state index in [2.05, 4.69) is 30.7 Å². The molecule has 6 aromatic rings. The van der Waals surface area contributed by atoms with Crippen LogP contribution in [0.4, 0.5) is 34.1 Å². The fourth-order valence-electron chi connectivity index (χ4n) is 4.87. The molecule has 0 amide bonds. The molecule has 0 atom stereocenters. The number of benzene rings is 4. The second-order valence-electron chi connectivity index (χ2n) is 11.5. The smallest absolute Gasteiger partial charge is 0.870 e. The number of hydrogen-bond donors (Lipinski definition) is 3. The van der Waals surface area contributed by atoms with Crippen LogP contribution in [-0.4, -0.2) is 55.3 Å². The van der Waals surface area contributed by atoms with Crippen molar-refractivity contribution >= 4 is 54.4 Å². The Kier molecular flexibility index (Phi) is 13.3. The molecule has 0 saturated heterocycles. The summed E-state index contributed by atoms with van der Waals surface area (Å²) in [5, 5.41) is 80.0. The topological polar surface area (TPSA) is 369 Å². The molecule has 6 rings (SSSR count). The summed E-state index contributed by atoms with van der Waals surface area (Å²) < 4.78 is 65.8. The Morgan fingerprint density at radius 2 is 1.10 bits per heavy atom. The van der Waals surface area contributed by atoms with Gasteiger partial charge in [0.15, 0.2) is 5.69 Å². The predicted octanol–water partition coefficient (Wildman–Crippen LogP) is 4.01. The quantitative estimate of drug-likeness (QED) is 0.0757. The molecular weight excluding hydrogens is 865 g/mol. The first-order chi connectivity index (χ1) is 27.2. The van der Waals surface area contributed by atoms with E-state index in [1.807, 2.05) is 0 Å². The summed E-state index contributed by atoms with van der Waals surface area (Å²) in [6, 6.07) is 19.1. The first kappa shape index (κ1) is 44.6. The van der Waals surface area contributed by atoms with E-state index in [0.29, 0.717) is 35.6 Å². The number of H-pyrrole nitrogens is 1. The zero-order valence-corrected chi connectivity index (χ0v) is 32.5. The Labute approximate surface area is 341 Å². The van der Waals surface area contributed by atoms with Gasteiger partial charge < -0.3 is 15.3 Å². The van der Waals surface area contributed by atoms with Crippen LogP contribution in [0.1, 0.15) is 11.4 Å². The van der Waals surface area contributed by atoms with Crippen molar-refractivity contribution in [3.05, 3.63) is 127 Å². The number of para-hydroxylation sites is 2. The molecule has 0 aliphatic heterocycles. The molecule has 0 unspecified atom stereocenters. The summed E-state index contributed by atoms with van der Waals surface area (Å²) in [6.45, 7) is 2.98. The first-order valence-electron chi connectivity index (χ1n) is 15.7. The SMILES string of the molecule is Cc1[nH]n(-c2ccccc2)c(=O)c1N=Nc1cc([N+](=O)[O-])cc(S(=O)(=O)O)c1[O-].Cc1nn(-c2ccccc2)c([O-])c1N=Nc1cc([N+](=O)[O-])cc(S(=O)(=O)O)c1[O-].[Cr+3]. The van der Waals surface area contributed by atoms with Gasteiger partial charge in [-0.3, -0.25) is 39.2 Å². The molecule has 24 nitrogen and oxygen atoms in total.